The number of aromatic nitrogens is 2. The number of nitrogens with one attached hydrogen (secondary N) is 1. The molecule has 0 aliphatic carbocycles. The average Bonchev–Trinajstić information content (AvgIpc) is 2.44. The minimum absolute atomic E-state index is 0.118. The highest BCUT2D eigenvalue weighted by Crippen LogP contribution is 2.25. The van der Waals surface area contributed by atoms with E-state index in [9.17, 15) is 4.79 Å². The van der Waals surface area contributed by atoms with Gasteiger partial charge in [-0.3, -0.25) is 4.79 Å². The SMILES string of the molecule is O=C(CCNc1ncnc(Cl)c1Br)N1CCOCC1. The second-order valence-corrected chi connectivity index (χ2v) is 5.15. The minimum atomic E-state index is 0.118. The lowest BCUT2D eigenvalue weighted by molar-refractivity contribution is -0.134. The smallest absolute Gasteiger partial charge is 0.224 e. The lowest BCUT2D eigenvalue weighted by Crippen LogP contribution is -2.41. The molecule has 104 valence electrons. The molecule has 0 saturated carbocycles. The first-order valence-corrected chi connectivity index (χ1v) is 7.11. The van der Waals surface area contributed by atoms with Gasteiger partial charge in [-0.05, 0) is 15.9 Å². The summed E-state index contributed by atoms with van der Waals surface area (Å²) in [5.41, 5.74) is 0. The fourth-order valence-electron chi connectivity index (χ4n) is 1.73. The number of rotatable bonds is 4. The van der Waals surface area contributed by atoms with Crippen molar-refractivity contribution < 1.29 is 9.53 Å². The van der Waals surface area contributed by atoms with E-state index >= 15 is 0 Å². The standard InChI is InChI=1S/C11H14BrClN4O2/c12-9-10(13)15-7-16-11(9)14-2-1-8(18)17-3-5-19-6-4-17/h7H,1-6H2,(H,14,15,16). The highest BCUT2D eigenvalue weighted by atomic mass is 79.9. The van der Waals surface area contributed by atoms with Crippen molar-refractivity contribution in [2.24, 2.45) is 0 Å². The summed E-state index contributed by atoms with van der Waals surface area (Å²) in [5.74, 6) is 0.710. The van der Waals surface area contributed by atoms with Crippen molar-refractivity contribution in [2.45, 2.75) is 6.42 Å². The van der Waals surface area contributed by atoms with Crippen LogP contribution in [0.1, 0.15) is 6.42 Å². The second kappa shape index (κ2) is 7.02. The molecule has 1 aliphatic rings. The molecule has 1 fully saturated rings. The highest BCUT2D eigenvalue weighted by Gasteiger charge is 2.16. The quantitative estimate of drug-likeness (QED) is 0.836. The van der Waals surface area contributed by atoms with Gasteiger partial charge in [-0.15, -0.1) is 0 Å². The molecule has 1 saturated heterocycles. The van der Waals surface area contributed by atoms with Gasteiger partial charge in [-0.2, -0.15) is 0 Å². The van der Waals surface area contributed by atoms with E-state index in [4.69, 9.17) is 16.3 Å². The zero-order valence-electron chi connectivity index (χ0n) is 10.2. The molecule has 6 nitrogen and oxygen atoms in total. The van der Waals surface area contributed by atoms with Crippen LogP contribution >= 0.6 is 27.5 Å². The first-order chi connectivity index (χ1) is 9.18. The Morgan fingerprint density at radius 3 is 2.95 bits per heavy atom. The number of ether oxygens (including phenoxy) is 1. The number of halogens is 2. The molecule has 2 heterocycles. The van der Waals surface area contributed by atoms with Crippen LogP contribution in [-0.4, -0.2) is 53.6 Å². The first kappa shape index (κ1) is 14.5. The van der Waals surface area contributed by atoms with Crippen LogP contribution in [0, 0.1) is 0 Å². The van der Waals surface area contributed by atoms with Crippen molar-refractivity contribution >= 4 is 39.3 Å². The molecule has 8 heteroatoms. The van der Waals surface area contributed by atoms with Gasteiger partial charge < -0.3 is 15.0 Å². The predicted molar refractivity (Wildman–Crippen MR) is 75.2 cm³/mol. The number of hydrogen-bond donors (Lipinski definition) is 1. The van der Waals surface area contributed by atoms with Crippen molar-refractivity contribution in [3.05, 3.63) is 16.0 Å². The van der Waals surface area contributed by atoms with Gasteiger partial charge in [0, 0.05) is 26.1 Å². The van der Waals surface area contributed by atoms with E-state index in [0.717, 1.165) is 0 Å². The maximum absolute atomic E-state index is 11.9. The van der Waals surface area contributed by atoms with Crippen LogP contribution in [0.5, 0.6) is 0 Å². The third kappa shape index (κ3) is 4.02. The molecule has 2 rings (SSSR count). The zero-order valence-corrected chi connectivity index (χ0v) is 12.6. The molecule has 1 aromatic heterocycles. The highest BCUT2D eigenvalue weighted by molar-refractivity contribution is 9.10. The van der Waals surface area contributed by atoms with E-state index in [0.29, 0.717) is 54.7 Å². The van der Waals surface area contributed by atoms with Gasteiger partial charge in [-0.1, -0.05) is 11.6 Å². The molecule has 0 radical (unpaired) electrons. The summed E-state index contributed by atoms with van der Waals surface area (Å²) < 4.78 is 5.81. The molecular weight excluding hydrogens is 336 g/mol. The third-order valence-electron chi connectivity index (χ3n) is 2.74. The topological polar surface area (TPSA) is 67.4 Å². The number of anilines is 1. The summed E-state index contributed by atoms with van der Waals surface area (Å²) in [5, 5.41) is 3.41. The Balaban J connectivity index is 1.79. The van der Waals surface area contributed by atoms with Gasteiger partial charge in [0.05, 0.1) is 17.7 Å². The van der Waals surface area contributed by atoms with Crippen LogP contribution in [0.2, 0.25) is 5.15 Å². The molecule has 1 N–H and O–H groups in total. The lowest BCUT2D eigenvalue weighted by Gasteiger charge is -2.26. The summed E-state index contributed by atoms with van der Waals surface area (Å²) in [6.45, 7) is 3.07. The van der Waals surface area contributed by atoms with Crippen molar-refractivity contribution in [1.82, 2.24) is 14.9 Å². The normalized spacial score (nSPS) is 15.4. The molecule has 19 heavy (non-hydrogen) atoms. The largest absolute Gasteiger partial charge is 0.378 e. The van der Waals surface area contributed by atoms with Crippen LogP contribution in [0.25, 0.3) is 0 Å². The number of carbonyl (C=O) groups is 1. The Kier molecular flexibility index (Phi) is 5.35. The van der Waals surface area contributed by atoms with Gasteiger partial charge >= 0.3 is 0 Å². The van der Waals surface area contributed by atoms with E-state index in [1.165, 1.54) is 6.33 Å². The summed E-state index contributed by atoms with van der Waals surface area (Å²) in [4.78, 5) is 21.6. The number of morpholine rings is 1. The summed E-state index contributed by atoms with van der Waals surface area (Å²) in [6.07, 6.45) is 1.79. The van der Waals surface area contributed by atoms with E-state index in [-0.39, 0.29) is 5.91 Å². The van der Waals surface area contributed by atoms with Crippen LogP contribution < -0.4 is 5.32 Å². The molecule has 1 aromatic rings. The minimum Gasteiger partial charge on any atom is -0.378 e. The second-order valence-electron chi connectivity index (χ2n) is 4.00. The predicted octanol–water partition coefficient (Wildman–Crippen LogP) is 1.55. The van der Waals surface area contributed by atoms with E-state index in [1.807, 2.05) is 4.90 Å². The van der Waals surface area contributed by atoms with Crippen molar-refractivity contribution in [1.29, 1.82) is 0 Å². The lowest BCUT2D eigenvalue weighted by atomic mass is 10.3. The molecule has 1 aliphatic heterocycles. The van der Waals surface area contributed by atoms with Crippen LogP contribution in [0.4, 0.5) is 5.82 Å². The molecule has 0 spiro atoms. The molecule has 0 atom stereocenters. The molecular formula is C11H14BrClN4O2. The van der Waals surface area contributed by atoms with Crippen LogP contribution in [0.3, 0.4) is 0 Å². The third-order valence-corrected chi connectivity index (χ3v) is 4.01. The van der Waals surface area contributed by atoms with E-state index in [1.54, 1.807) is 0 Å². The molecule has 1 amide bonds. The van der Waals surface area contributed by atoms with E-state index < -0.39 is 0 Å². The van der Waals surface area contributed by atoms with Gasteiger partial charge in [0.15, 0.2) is 0 Å². The van der Waals surface area contributed by atoms with Crippen LogP contribution in [-0.2, 0) is 9.53 Å². The van der Waals surface area contributed by atoms with Gasteiger partial charge in [0.2, 0.25) is 5.91 Å². The van der Waals surface area contributed by atoms with Gasteiger partial charge in [-0.25, -0.2) is 9.97 Å². The maximum Gasteiger partial charge on any atom is 0.224 e. The number of amides is 1. The summed E-state index contributed by atoms with van der Waals surface area (Å²) in [6, 6.07) is 0. The van der Waals surface area contributed by atoms with E-state index in [2.05, 4.69) is 31.2 Å². The Morgan fingerprint density at radius 2 is 2.21 bits per heavy atom. The Morgan fingerprint density at radius 1 is 1.47 bits per heavy atom. The Labute approximate surface area is 124 Å². The first-order valence-electron chi connectivity index (χ1n) is 5.94. The fourth-order valence-corrected chi connectivity index (χ4v) is 2.21. The molecule has 0 unspecified atom stereocenters. The molecule has 0 aromatic carbocycles. The monoisotopic (exact) mass is 348 g/mol. The van der Waals surface area contributed by atoms with Gasteiger partial charge in [0.25, 0.3) is 0 Å². The number of carbonyl (C=O) groups excluding carboxylic acids is 1. The number of hydrogen-bond acceptors (Lipinski definition) is 5. The van der Waals surface area contributed by atoms with Gasteiger partial charge in [0.1, 0.15) is 17.3 Å². The van der Waals surface area contributed by atoms with Crippen molar-refractivity contribution in [3.8, 4) is 0 Å². The fraction of sp³-hybridized carbons (Fsp3) is 0.545. The maximum atomic E-state index is 11.9. The molecule has 0 bridgehead atoms. The average molecular weight is 350 g/mol. The van der Waals surface area contributed by atoms with Crippen molar-refractivity contribution in [2.75, 3.05) is 38.2 Å². The van der Waals surface area contributed by atoms with Crippen molar-refractivity contribution in [3.63, 3.8) is 0 Å². The summed E-state index contributed by atoms with van der Waals surface area (Å²) in [7, 11) is 0. The number of nitrogens with zero attached hydrogens (tertiary/aromatic N) is 3. The van der Waals surface area contributed by atoms with Crippen LogP contribution in [0.15, 0.2) is 10.8 Å². The zero-order chi connectivity index (χ0) is 13.7. The Bertz CT molecular complexity index is 454. The Hall–Kier alpha value is -0.920. The summed E-state index contributed by atoms with van der Waals surface area (Å²) >= 11 is 9.14.